The Balaban J connectivity index is 1.74. The highest BCUT2D eigenvalue weighted by molar-refractivity contribution is 9.10. The van der Waals surface area contributed by atoms with E-state index in [-0.39, 0.29) is 22.4 Å². The maximum Gasteiger partial charge on any atom is 0.319 e. The third kappa shape index (κ3) is 3.85. The van der Waals surface area contributed by atoms with E-state index >= 15 is 0 Å². The van der Waals surface area contributed by atoms with Crippen LogP contribution in [0.5, 0.6) is 0 Å². The number of amides is 2. The first kappa shape index (κ1) is 16.3. The summed E-state index contributed by atoms with van der Waals surface area (Å²) in [5.74, 6) is -0.366. The van der Waals surface area contributed by atoms with Crippen molar-refractivity contribution in [1.82, 2.24) is 5.32 Å². The van der Waals surface area contributed by atoms with E-state index in [0.717, 1.165) is 12.8 Å². The summed E-state index contributed by atoms with van der Waals surface area (Å²) >= 11 is 3.08. The van der Waals surface area contributed by atoms with Crippen LogP contribution in [0.15, 0.2) is 44.8 Å². The summed E-state index contributed by atoms with van der Waals surface area (Å²) in [6.07, 6.45) is 4.59. The van der Waals surface area contributed by atoms with Gasteiger partial charge in [0.15, 0.2) is 5.84 Å². The van der Waals surface area contributed by atoms with Gasteiger partial charge in [-0.2, -0.15) is 0 Å². The highest BCUT2D eigenvalue weighted by atomic mass is 79.9. The molecule has 0 bridgehead atoms. The molecule has 126 valence electrons. The Bertz CT molecular complexity index is 789. The minimum Gasteiger partial charge on any atom is -0.470 e. The molecule has 0 spiro atoms. The molecule has 0 saturated heterocycles. The van der Waals surface area contributed by atoms with Crippen LogP contribution in [0.4, 0.5) is 20.6 Å². The summed E-state index contributed by atoms with van der Waals surface area (Å²) in [5.41, 5.74) is 1.18. The van der Waals surface area contributed by atoms with Gasteiger partial charge in [0.2, 0.25) is 0 Å². The minimum atomic E-state index is -0.412. The topological polar surface area (TPSA) is 98.9 Å². The number of nitrogens with one attached hydrogen (secondary N) is 3. The molecule has 0 unspecified atom stereocenters. The van der Waals surface area contributed by atoms with Crippen LogP contribution in [-0.4, -0.2) is 23.1 Å². The number of amidine groups is 1. The Kier molecular flexibility index (Phi) is 4.70. The highest BCUT2D eigenvalue weighted by Gasteiger charge is 2.24. The Hall–Kier alpha value is -2.55. The van der Waals surface area contributed by atoms with E-state index in [2.05, 4.69) is 37.0 Å². The van der Waals surface area contributed by atoms with Crippen molar-refractivity contribution in [2.75, 3.05) is 10.6 Å². The number of hydrogen-bond donors (Lipinski definition) is 4. The molecule has 24 heavy (non-hydrogen) atoms. The van der Waals surface area contributed by atoms with Crippen LogP contribution in [0.25, 0.3) is 0 Å². The van der Waals surface area contributed by atoms with E-state index in [0.29, 0.717) is 16.9 Å². The predicted molar refractivity (Wildman–Crippen MR) is 89.9 cm³/mol. The van der Waals surface area contributed by atoms with Crippen molar-refractivity contribution >= 4 is 39.2 Å². The molecule has 1 aromatic carbocycles. The quantitative estimate of drug-likeness (QED) is 0.274. The summed E-state index contributed by atoms with van der Waals surface area (Å²) in [7, 11) is 0. The molecule has 2 amide bonds. The van der Waals surface area contributed by atoms with Crippen molar-refractivity contribution in [2.45, 2.75) is 18.9 Å². The van der Waals surface area contributed by atoms with Gasteiger partial charge in [-0.15, -0.1) is 0 Å². The second-order valence-corrected chi connectivity index (χ2v) is 6.13. The standard InChI is InChI=1S/C15H14BrFN4O3/c16-11-5-9(3-4-12(11)17)18-14(21-23)10-6-24-7-13(10)20-15(22)19-8-1-2-8/h3-8,23H,1-2H2,(H,18,21)(H2,19,20,22). The number of hydrogen-bond acceptors (Lipinski definition) is 4. The molecule has 2 aromatic rings. The zero-order chi connectivity index (χ0) is 17.1. The van der Waals surface area contributed by atoms with E-state index in [1.54, 1.807) is 0 Å². The van der Waals surface area contributed by atoms with Crippen LogP contribution in [0.3, 0.4) is 0 Å². The SMILES string of the molecule is O=C(Nc1cocc1/C(=N/O)Nc1ccc(F)c(Br)c1)NC1CC1. The van der Waals surface area contributed by atoms with Gasteiger partial charge in [-0.3, -0.25) is 0 Å². The predicted octanol–water partition coefficient (Wildman–Crippen LogP) is 3.71. The van der Waals surface area contributed by atoms with E-state index in [4.69, 9.17) is 4.42 Å². The van der Waals surface area contributed by atoms with Crippen molar-refractivity contribution < 1.29 is 18.8 Å². The number of benzene rings is 1. The van der Waals surface area contributed by atoms with Gasteiger partial charge in [0.1, 0.15) is 18.3 Å². The summed E-state index contributed by atoms with van der Waals surface area (Å²) < 4.78 is 18.6. The van der Waals surface area contributed by atoms with Gasteiger partial charge in [0, 0.05) is 11.7 Å². The van der Waals surface area contributed by atoms with Gasteiger partial charge in [-0.05, 0) is 47.0 Å². The van der Waals surface area contributed by atoms with Gasteiger partial charge < -0.3 is 25.6 Å². The Morgan fingerprint density at radius 1 is 1.33 bits per heavy atom. The number of oxime groups is 1. The second kappa shape index (κ2) is 6.91. The molecular weight excluding hydrogens is 383 g/mol. The second-order valence-electron chi connectivity index (χ2n) is 5.27. The van der Waals surface area contributed by atoms with Crippen molar-refractivity contribution in [3.63, 3.8) is 0 Å². The lowest BCUT2D eigenvalue weighted by atomic mass is 10.2. The molecule has 1 aliphatic rings. The van der Waals surface area contributed by atoms with Crippen molar-refractivity contribution in [3.05, 3.63) is 46.6 Å². The fourth-order valence-electron chi connectivity index (χ4n) is 2.01. The minimum absolute atomic E-state index is 0.0454. The Morgan fingerprint density at radius 3 is 2.79 bits per heavy atom. The van der Waals surface area contributed by atoms with Crippen LogP contribution in [0, 0.1) is 5.82 Å². The van der Waals surface area contributed by atoms with Gasteiger partial charge >= 0.3 is 6.03 Å². The van der Waals surface area contributed by atoms with E-state index < -0.39 is 5.82 Å². The number of rotatable bonds is 4. The average Bonchev–Trinajstić information content (AvgIpc) is 3.25. The average molecular weight is 397 g/mol. The first-order valence-electron chi connectivity index (χ1n) is 7.15. The summed E-state index contributed by atoms with van der Waals surface area (Å²) in [5, 5.41) is 20.7. The fourth-order valence-corrected chi connectivity index (χ4v) is 2.38. The molecule has 3 rings (SSSR count). The van der Waals surface area contributed by atoms with Crippen molar-refractivity contribution in [2.24, 2.45) is 5.16 Å². The molecule has 1 saturated carbocycles. The number of carbonyl (C=O) groups excluding carboxylic acids is 1. The van der Waals surface area contributed by atoms with Crippen molar-refractivity contribution in [1.29, 1.82) is 0 Å². The summed E-state index contributed by atoms with van der Waals surface area (Å²) in [4.78, 5) is 11.8. The number of carbonyl (C=O) groups is 1. The Labute approximate surface area is 145 Å². The van der Waals surface area contributed by atoms with Crippen LogP contribution in [0.2, 0.25) is 0 Å². The maximum atomic E-state index is 13.3. The van der Waals surface area contributed by atoms with Crippen LogP contribution < -0.4 is 16.0 Å². The maximum absolute atomic E-state index is 13.3. The zero-order valence-corrected chi connectivity index (χ0v) is 13.9. The van der Waals surface area contributed by atoms with E-state index in [1.165, 1.54) is 30.7 Å². The molecule has 9 heteroatoms. The lowest BCUT2D eigenvalue weighted by Crippen LogP contribution is -2.31. The number of furan rings is 1. The molecule has 7 nitrogen and oxygen atoms in total. The smallest absolute Gasteiger partial charge is 0.319 e. The first-order chi connectivity index (χ1) is 11.6. The molecule has 0 radical (unpaired) electrons. The van der Waals surface area contributed by atoms with Crippen LogP contribution in [-0.2, 0) is 0 Å². The van der Waals surface area contributed by atoms with Gasteiger partial charge in [0.25, 0.3) is 0 Å². The molecule has 1 heterocycles. The highest BCUT2D eigenvalue weighted by Crippen LogP contribution is 2.24. The monoisotopic (exact) mass is 396 g/mol. The molecule has 1 aromatic heterocycles. The van der Waals surface area contributed by atoms with Crippen LogP contribution in [0.1, 0.15) is 18.4 Å². The normalized spacial score (nSPS) is 14.3. The van der Waals surface area contributed by atoms with E-state index in [1.807, 2.05) is 0 Å². The summed E-state index contributed by atoms with van der Waals surface area (Å²) in [6, 6.07) is 4.09. The molecular formula is C15H14BrFN4O3. The van der Waals surface area contributed by atoms with Gasteiger partial charge in [-0.1, -0.05) is 5.16 Å². The zero-order valence-electron chi connectivity index (χ0n) is 12.3. The Morgan fingerprint density at radius 2 is 2.12 bits per heavy atom. The lowest BCUT2D eigenvalue weighted by Gasteiger charge is -2.10. The number of halogens is 2. The molecule has 0 atom stereocenters. The molecule has 1 aliphatic carbocycles. The van der Waals surface area contributed by atoms with Crippen molar-refractivity contribution in [3.8, 4) is 0 Å². The largest absolute Gasteiger partial charge is 0.470 e. The van der Waals surface area contributed by atoms with Crippen LogP contribution >= 0.6 is 15.9 Å². The summed E-state index contributed by atoms with van der Waals surface area (Å²) in [6.45, 7) is 0. The van der Waals surface area contributed by atoms with Gasteiger partial charge in [0.05, 0.1) is 15.7 Å². The number of urea groups is 1. The number of anilines is 2. The third-order valence-corrected chi connectivity index (χ3v) is 3.97. The van der Waals surface area contributed by atoms with Gasteiger partial charge in [-0.25, -0.2) is 9.18 Å². The fraction of sp³-hybridized carbons (Fsp3) is 0.200. The third-order valence-electron chi connectivity index (χ3n) is 3.36. The molecule has 0 aliphatic heterocycles. The lowest BCUT2D eigenvalue weighted by molar-refractivity contribution is 0.251. The first-order valence-corrected chi connectivity index (χ1v) is 7.94. The molecule has 1 fully saturated rings. The number of nitrogens with zero attached hydrogens (tertiary/aromatic N) is 1. The van der Waals surface area contributed by atoms with E-state index in [9.17, 15) is 14.4 Å². The molecule has 4 N–H and O–H groups in total.